The highest BCUT2D eigenvalue weighted by Gasteiger charge is 2.50. The van der Waals surface area contributed by atoms with E-state index in [0.717, 1.165) is 49.1 Å². The fourth-order valence-electron chi connectivity index (χ4n) is 7.60. The van der Waals surface area contributed by atoms with Gasteiger partial charge in [-0.15, -0.1) is 0 Å². The number of hydrogen-bond donors (Lipinski definition) is 4. The van der Waals surface area contributed by atoms with Gasteiger partial charge in [0, 0.05) is 24.3 Å². The van der Waals surface area contributed by atoms with Gasteiger partial charge in [-0.2, -0.15) is 23.3 Å². The van der Waals surface area contributed by atoms with E-state index >= 15 is 0 Å². The minimum atomic E-state index is -5.08. The zero-order valence-corrected chi connectivity index (χ0v) is 35.8. The van der Waals surface area contributed by atoms with Crippen molar-refractivity contribution >= 4 is 53.6 Å². The fraction of sp³-hybridized carbons (Fsp3) is 0.419. The molecule has 1 aliphatic rings. The number of hydrogen-bond acceptors (Lipinski definition) is 10. The lowest BCUT2D eigenvalue weighted by atomic mass is 10.0. The van der Waals surface area contributed by atoms with Crippen LogP contribution >= 0.6 is 0 Å². The van der Waals surface area contributed by atoms with Crippen molar-refractivity contribution in [1.29, 1.82) is 0 Å². The highest BCUT2D eigenvalue weighted by molar-refractivity contribution is 6.99. The number of rotatable bonds is 15. The van der Waals surface area contributed by atoms with Crippen molar-refractivity contribution in [3.63, 3.8) is 0 Å². The average Bonchev–Trinajstić information content (AvgIpc) is 3.91. The van der Waals surface area contributed by atoms with Gasteiger partial charge in [-0.25, -0.2) is 14.6 Å². The molecule has 0 aliphatic carbocycles. The van der Waals surface area contributed by atoms with Crippen LogP contribution in [0.4, 0.5) is 29.7 Å². The standard InChI is InChI=1S/C41H53N7O4Si.C2HF3O2/c1-7-15-31(23-25-52-53(41(2,3)4,32-16-10-8-11-17-32)33-18-12-9-13-19-33)44-38-37-35(45-39(46-38)47-40(49)51-6)27-43-48(37)28-30-22-21-29(26-36(30)50-5)34-20-14-24-42-34;3-2(4,5)1(6)7/h8-13,16-19,21-22,26-27,31,34,42H,7,14-15,20,23-25,28H2,1-6H3,(H2,44,45,46,47,49);(H,6,7)/t31-,34?;/m0./s1. The van der Waals surface area contributed by atoms with Gasteiger partial charge in [0.1, 0.15) is 16.8 Å². The van der Waals surface area contributed by atoms with Gasteiger partial charge in [0.15, 0.2) is 5.82 Å². The topological polar surface area (TPSA) is 162 Å². The van der Waals surface area contributed by atoms with Crippen molar-refractivity contribution in [2.24, 2.45) is 0 Å². The molecule has 17 heteroatoms. The average molecular weight is 850 g/mol. The summed E-state index contributed by atoms with van der Waals surface area (Å²) in [6, 6.07) is 28.2. The number of methoxy groups -OCH3 is 2. The van der Waals surface area contributed by atoms with Crippen molar-refractivity contribution in [2.75, 3.05) is 38.0 Å². The number of carbonyl (C=O) groups is 2. The number of nitrogens with one attached hydrogen (secondary N) is 3. The smallest absolute Gasteiger partial charge is 0.490 e. The number of nitrogens with zero attached hydrogens (tertiary/aromatic N) is 4. The third-order valence-corrected chi connectivity index (χ3v) is 15.4. The number of benzene rings is 3. The Kier molecular flexibility index (Phi) is 15.3. The Morgan fingerprint density at radius 1 is 0.983 bits per heavy atom. The highest BCUT2D eigenvalue weighted by atomic mass is 28.4. The van der Waals surface area contributed by atoms with E-state index in [-0.39, 0.29) is 17.0 Å². The largest absolute Gasteiger partial charge is 0.496 e. The van der Waals surface area contributed by atoms with Crippen molar-refractivity contribution in [3.05, 3.63) is 96.2 Å². The second-order valence-electron chi connectivity index (χ2n) is 15.5. The summed E-state index contributed by atoms with van der Waals surface area (Å²) in [5.74, 6) is -1.24. The first-order chi connectivity index (χ1) is 28.6. The molecule has 1 aliphatic heterocycles. The summed E-state index contributed by atoms with van der Waals surface area (Å²) in [5, 5.41) is 24.2. The van der Waals surface area contributed by atoms with Crippen LogP contribution in [-0.2, 0) is 20.5 Å². The molecule has 4 N–H and O–H groups in total. The van der Waals surface area contributed by atoms with Crippen LogP contribution in [0.2, 0.25) is 5.04 Å². The number of carboxylic acids is 1. The van der Waals surface area contributed by atoms with Crippen molar-refractivity contribution in [2.45, 2.75) is 89.6 Å². The Hall–Kier alpha value is -5.52. The molecular formula is C43H54F3N7O6Si. The summed E-state index contributed by atoms with van der Waals surface area (Å²) in [6.07, 6.45) is 0.833. The number of fused-ring (bicyclic) bond motifs is 1. The molecule has 0 spiro atoms. The molecule has 0 saturated carbocycles. The van der Waals surface area contributed by atoms with Crippen molar-refractivity contribution in [3.8, 4) is 5.75 Å². The van der Waals surface area contributed by atoms with Crippen LogP contribution in [-0.4, -0.2) is 84.8 Å². The minimum Gasteiger partial charge on any atom is -0.496 e. The van der Waals surface area contributed by atoms with Crippen LogP contribution < -0.4 is 31.1 Å². The molecule has 6 rings (SSSR count). The summed E-state index contributed by atoms with van der Waals surface area (Å²) in [4.78, 5) is 30.6. The number of carboxylic acid groups (broad SMARTS) is 1. The summed E-state index contributed by atoms with van der Waals surface area (Å²) in [5.41, 5.74) is 3.54. The lowest BCUT2D eigenvalue weighted by molar-refractivity contribution is -0.192. The Balaban J connectivity index is 0.000000896. The van der Waals surface area contributed by atoms with Gasteiger partial charge in [0.05, 0.1) is 27.0 Å². The molecule has 3 heterocycles. The van der Waals surface area contributed by atoms with E-state index in [2.05, 4.69) is 127 Å². The maximum Gasteiger partial charge on any atom is 0.490 e. The third-order valence-electron chi connectivity index (χ3n) is 10.4. The molecule has 1 saturated heterocycles. The normalized spacial score (nSPS) is 14.8. The molecule has 0 bridgehead atoms. The molecule has 1 unspecified atom stereocenters. The van der Waals surface area contributed by atoms with Crippen molar-refractivity contribution in [1.82, 2.24) is 25.1 Å². The minimum absolute atomic E-state index is 0.0124. The first kappa shape index (κ1) is 45.6. The van der Waals surface area contributed by atoms with E-state index in [1.807, 2.05) is 4.68 Å². The molecule has 3 aromatic carbocycles. The Bertz CT molecular complexity index is 2140. The summed E-state index contributed by atoms with van der Waals surface area (Å²) >= 11 is 0. The predicted molar refractivity (Wildman–Crippen MR) is 228 cm³/mol. The number of alkyl halides is 3. The lowest BCUT2D eigenvalue weighted by Crippen LogP contribution is -2.66. The summed E-state index contributed by atoms with van der Waals surface area (Å²) < 4.78 is 51.7. The maximum atomic E-state index is 12.3. The maximum absolute atomic E-state index is 12.3. The third kappa shape index (κ3) is 11.0. The molecule has 2 atom stereocenters. The number of aliphatic carboxylic acids is 1. The van der Waals surface area contributed by atoms with Crippen LogP contribution in [0.5, 0.6) is 5.75 Å². The Morgan fingerprint density at radius 2 is 1.63 bits per heavy atom. The van der Waals surface area contributed by atoms with E-state index in [9.17, 15) is 18.0 Å². The molecule has 13 nitrogen and oxygen atoms in total. The van der Waals surface area contributed by atoms with Crippen LogP contribution in [0.1, 0.15) is 77.0 Å². The van der Waals surface area contributed by atoms with Crippen LogP contribution in [0.25, 0.3) is 11.0 Å². The predicted octanol–water partition coefficient (Wildman–Crippen LogP) is 7.67. The number of ether oxygens (including phenoxy) is 2. The first-order valence-corrected chi connectivity index (χ1v) is 21.8. The number of halogens is 3. The Morgan fingerprint density at radius 3 is 2.17 bits per heavy atom. The van der Waals surface area contributed by atoms with Gasteiger partial charge in [-0.1, -0.05) is 107 Å². The fourth-order valence-corrected chi connectivity index (χ4v) is 12.2. The quantitative estimate of drug-likeness (QED) is 0.0766. The number of aromatic nitrogens is 4. The zero-order chi connectivity index (χ0) is 43.5. The van der Waals surface area contributed by atoms with Gasteiger partial charge in [-0.3, -0.25) is 10.00 Å². The first-order valence-electron chi connectivity index (χ1n) is 19.9. The van der Waals surface area contributed by atoms with Gasteiger partial charge in [0.25, 0.3) is 8.32 Å². The van der Waals surface area contributed by atoms with Crippen LogP contribution in [0.3, 0.4) is 0 Å². The van der Waals surface area contributed by atoms with Gasteiger partial charge in [-0.05, 0) is 59.3 Å². The van der Waals surface area contributed by atoms with E-state index in [1.165, 1.54) is 29.5 Å². The molecule has 0 radical (unpaired) electrons. The Labute approximate surface area is 349 Å². The molecule has 322 valence electrons. The molecule has 60 heavy (non-hydrogen) atoms. The van der Waals surface area contributed by atoms with E-state index < -0.39 is 26.6 Å². The molecular weight excluding hydrogens is 796 g/mol. The number of carbonyl (C=O) groups excluding carboxylic acids is 1. The van der Waals surface area contributed by atoms with Crippen molar-refractivity contribution < 1.29 is 41.8 Å². The molecule has 1 fully saturated rings. The summed E-state index contributed by atoms with van der Waals surface area (Å²) in [7, 11) is 0.306. The van der Waals surface area contributed by atoms with E-state index in [0.29, 0.717) is 30.5 Å². The van der Waals surface area contributed by atoms with Gasteiger partial charge in [0.2, 0.25) is 5.95 Å². The second kappa shape index (κ2) is 20.2. The monoisotopic (exact) mass is 849 g/mol. The lowest BCUT2D eigenvalue weighted by Gasteiger charge is -2.43. The number of amides is 1. The van der Waals surface area contributed by atoms with Gasteiger partial charge < -0.3 is 29.6 Å². The van der Waals surface area contributed by atoms with Crippen LogP contribution in [0.15, 0.2) is 85.1 Å². The highest BCUT2D eigenvalue weighted by Crippen LogP contribution is 2.37. The summed E-state index contributed by atoms with van der Waals surface area (Å²) in [6.45, 7) is 11.1. The van der Waals surface area contributed by atoms with Crippen LogP contribution in [0, 0.1) is 0 Å². The second-order valence-corrected chi connectivity index (χ2v) is 19.8. The van der Waals surface area contributed by atoms with E-state index in [1.54, 1.807) is 13.3 Å². The molecule has 2 aromatic heterocycles. The molecule has 5 aromatic rings. The number of anilines is 2. The SMILES string of the molecule is CCC[C@@H](CCO[Si](c1ccccc1)(c1ccccc1)C(C)(C)C)Nc1nc(NC(=O)OC)nc2cnn(Cc3ccc(C4CCCN4)cc3OC)c12.O=C(O)C(F)(F)F. The van der Waals surface area contributed by atoms with Gasteiger partial charge >= 0.3 is 18.2 Å². The zero-order valence-electron chi connectivity index (χ0n) is 34.8. The van der Waals surface area contributed by atoms with E-state index in [4.69, 9.17) is 33.9 Å². The molecule has 1 amide bonds.